The van der Waals surface area contributed by atoms with E-state index in [9.17, 15) is 18.6 Å². The number of carbonyl (C=O) groups excluding carboxylic acids is 3. The van der Waals surface area contributed by atoms with Crippen LogP contribution in [-0.4, -0.2) is 69.2 Å². The molecular formula is C19H26N2O6S. The van der Waals surface area contributed by atoms with Gasteiger partial charge in [-0.15, -0.1) is 0 Å². The molecule has 9 heteroatoms. The van der Waals surface area contributed by atoms with Gasteiger partial charge in [0.2, 0.25) is 4.87 Å². The lowest BCUT2D eigenvalue weighted by Crippen LogP contribution is -2.68. The summed E-state index contributed by atoms with van der Waals surface area (Å²) in [7, 11) is -0.673. The van der Waals surface area contributed by atoms with Crippen molar-refractivity contribution < 1.29 is 28.1 Å². The van der Waals surface area contributed by atoms with Crippen LogP contribution in [0.15, 0.2) is 35.2 Å². The Balaban J connectivity index is 2.45. The second-order valence-corrected chi connectivity index (χ2v) is 9.30. The number of amides is 2. The van der Waals surface area contributed by atoms with Crippen molar-refractivity contribution in [2.24, 2.45) is 0 Å². The highest BCUT2D eigenvalue weighted by atomic mass is 32.2. The summed E-state index contributed by atoms with van der Waals surface area (Å²) >= 11 is 0. The molecule has 0 bridgehead atoms. The number of ether oxygens (including phenoxy) is 2. The van der Waals surface area contributed by atoms with Crippen molar-refractivity contribution in [1.82, 2.24) is 9.80 Å². The highest BCUT2D eigenvalue weighted by Crippen LogP contribution is 2.32. The first-order valence-electron chi connectivity index (χ1n) is 8.84. The lowest BCUT2D eigenvalue weighted by Gasteiger charge is -2.46. The first-order valence-corrected chi connectivity index (χ1v) is 9.99. The summed E-state index contributed by atoms with van der Waals surface area (Å²) in [5, 5.41) is 0. The summed E-state index contributed by atoms with van der Waals surface area (Å²) in [6.45, 7) is 6.48. The smallest absolute Gasteiger partial charge is 0.411 e. The molecule has 1 aromatic rings. The van der Waals surface area contributed by atoms with Crippen LogP contribution in [-0.2, 0) is 29.9 Å². The highest BCUT2D eigenvalue weighted by molar-refractivity contribution is 7.87. The van der Waals surface area contributed by atoms with Gasteiger partial charge in [-0.3, -0.25) is 18.7 Å². The molecule has 2 rings (SSSR count). The van der Waals surface area contributed by atoms with Crippen molar-refractivity contribution in [3.8, 4) is 0 Å². The zero-order valence-corrected chi connectivity index (χ0v) is 17.6. The number of esters is 1. The number of piperazine rings is 1. The van der Waals surface area contributed by atoms with Gasteiger partial charge in [-0.1, -0.05) is 18.2 Å². The molecule has 8 nitrogen and oxygen atoms in total. The predicted molar refractivity (Wildman–Crippen MR) is 103 cm³/mol. The van der Waals surface area contributed by atoms with E-state index in [1.54, 1.807) is 51.1 Å². The normalized spacial score (nSPS) is 21.2. The molecule has 0 radical (unpaired) electrons. The lowest BCUT2D eigenvalue weighted by atomic mass is 10.1. The van der Waals surface area contributed by atoms with E-state index in [2.05, 4.69) is 4.74 Å². The molecule has 1 aromatic carbocycles. The number of rotatable bonds is 4. The Morgan fingerprint density at radius 3 is 2.32 bits per heavy atom. The third kappa shape index (κ3) is 4.52. The average Bonchev–Trinajstić information content (AvgIpc) is 2.64. The van der Waals surface area contributed by atoms with Gasteiger partial charge >= 0.3 is 12.1 Å². The van der Waals surface area contributed by atoms with Crippen LogP contribution in [0.3, 0.4) is 0 Å². The molecule has 1 saturated heterocycles. The molecule has 1 aliphatic rings. The molecule has 1 aliphatic heterocycles. The van der Waals surface area contributed by atoms with Gasteiger partial charge in [0.15, 0.2) is 0 Å². The minimum Gasteiger partial charge on any atom is -0.468 e. The van der Waals surface area contributed by atoms with E-state index in [4.69, 9.17) is 4.74 Å². The second-order valence-electron chi connectivity index (χ2n) is 7.50. The number of nitrogens with zero attached hydrogens (tertiary/aromatic N) is 2. The van der Waals surface area contributed by atoms with Gasteiger partial charge < -0.3 is 14.4 Å². The second kappa shape index (κ2) is 8.30. The van der Waals surface area contributed by atoms with Gasteiger partial charge in [-0.2, -0.15) is 0 Å². The van der Waals surface area contributed by atoms with Crippen molar-refractivity contribution in [3.63, 3.8) is 0 Å². The highest BCUT2D eigenvalue weighted by Gasteiger charge is 2.54. The van der Waals surface area contributed by atoms with Gasteiger partial charge in [0, 0.05) is 18.0 Å². The molecular weight excluding hydrogens is 384 g/mol. The number of hydrogen-bond donors (Lipinski definition) is 0. The molecule has 0 aliphatic carbocycles. The summed E-state index contributed by atoms with van der Waals surface area (Å²) in [4.78, 5) is 38.9. The Morgan fingerprint density at radius 2 is 1.79 bits per heavy atom. The number of carbonyl (C=O) groups is 3. The van der Waals surface area contributed by atoms with E-state index < -0.39 is 39.2 Å². The van der Waals surface area contributed by atoms with Crippen LogP contribution in [0.1, 0.15) is 27.7 Å². The van der Waals surface area contributed by atoms with Crippen LogP contribution in [0.2, 0.25) is 0 Å². The number of hydrogen-bond acceptors (Lipinski definition) is 6. The summed E-state index contributed by atoms with van der Waals surface area (Å²) < 4.78 is 23.5. The van der Waals surface area contributed by atoms with Crippen LogP contribution < -0.4 is 0 Å². The fourth-order valence-electron chi connectivity index (χ4n) is 2.85. The maximum atomic E-state index is 13.4. The third-order valence-corrected chi connectivity index (χ3v) is 6.09. The van der Waals surface area contributed by atoms with Gasteiger partial charge in [0.05, 0.1) is 17.9 Å². The summed E-state index contributed by atoms with van der Waals surface area (Å²) in [6.07, 6.45) is -0.731. The molecule has 28 heavy (non-hydrogen) atoms. The van der Waals surface area contributed by atoms with E-state index in [0.717, 1.165) is 0 Å². The van der Waals surface area contributed by atoms with Gasteiger partial charge in [-0.25, -0.2) is 4.79 Å². The molecule has 0 aromatic heterocycles. The quantitative estimate of drug-likeness (QED) is 0.703. The fourth-order valence-corrected chi connectivity index (χ4v) is 4.37. The standard InChI is InChI=1S/C19H26N2O6S/c1-18(2,3)27-17(24)21-12-11-20(13-15(22)26-5)16(23)19(21,4)28(25)14-9-7-6-8-10-14/h6-10H,11-13H2,1-5H3. The van der Waals surface area contributed by atoms with Crippen LogP contribution in [0, 0.1) is 0 Å². The topological polar surface area (TPSA) is 93.2 Å². The van der Waals surface area contributed by atoms with E-state index in [0.29, 0.717) is 4.90 Å². The maximum Gasteiger partial charge on any atom is 0.411 e. The predicted octanol–water partition coefficient (Wildman–Crippen LogP) is 1.76. The van der Waals surface area contributed by atoms with Crippen LogP contribution in [0.25, 0.3) is 0 Å². The minimum absolute atomic E-state index is 0.0761. The first kappa shape index (κ1) is 21.9. The SMILES string of the molecule is COC(=O)CN1CCN(C(=O)OC(C)(C)C)C(C)(S(=O)c2ccccc2)C1=O. The Bertz CT molecular complexity index is 776. The van der Waals surface area contributed by atoms with E-state index in [-0.39, 0.29) is 19.6 Å². The molecule has 1 fully saturated rings. The largest absolute Gasteiger partial charge is 0.468 e. The van der Waals surface area contributed by atoms with Crippen molar-refractivity contribution in [3.05, 3.63) is 30.3 Å². The number of benzene rings is 1. The molecule has 2 unspecified atom stereocenters. The van der Waals surface area contributed by atoms with Crippen LogP contribution in [0.5, 0.6) is 0 Å². The molecule has 0 saturated carbocycles. The third-order valence-electron chi connectivity index (χ3n) is 4.27. The first-order chi connectivity index (χ1) is 13.0. The lowest BCUT2D eigenvalue weighted by molar-refractivity contribution is -0.152. The molecule has 2 atom stereocenters. The molecule has 0 N–H and O–H groups in total. The van der Waals surface area contributed by atoms with Crippen molar-refractivity contribution >= 4 is 28.8 Å². The Kier molecular flexibility index (Phi) is 6.48. The number of methoxy groups -OCH3 is 1. The molecule has 1 heterocycles. The van der Waals surface area contributed by atoms with E-state index >= 15 is 0 Å². The Morgan fingerprint density at radius 1 is 1.18 bits per heavy atom. The molecule has 154 valence electrons. The van der Waals surface area contributed by atoms with Gasteiger partial charge in [-0.05, 0) is 39.8 Å². The molecule has 2 amide bonds. The minimum atomic E-state index is -1.90. The summed E-state index contributed by atoms with van der Waals surface area (Å²) in [5.41, 5.74) is -0.779. The average molecular weight is 410 g/mol. The fraction of sp³-hybridized carbons (Fsp3) is 0.526. The Hall–Kier alpha value is -2.42. The zero-order valence-electron chi connectivity index (χ0n) is 16.8. The van der Waals surface area contributed by atoms with Gasteiger partial charge in [0.1, 0.15) is 12.1 Å². The Labute approximate surface area is 167 Å². The van der Waals surface area contributed by atoms with Gasteiger partial charge in [0.25, 0.3) is 5.91 Å². The van der Waals surface area contributed by atoms with Crippen molar-refractivity contribution in [2.75, 3.05) is 26.7 Å². The van der Waals surface area contributed by atoms with Crippen molar-refractivity contribution in [2.45, 2.75) is 43.1 Å². The zero-order chi connectivity index (χ0) is 21.1. The van der Waals surface area contributed by atoms with E-state index in [1.807, 2.05) is 0 Å². The summed E-state index contributed by atoms with van der Waals surface area (Å²) in [6, 6.07) is 8.42. The maximum absolute atomic E-state index is 13.4. The summed E-state index contributed by atoms with van der Waals surface area (Å²) in [5.74, 6) is -1.19. The van der Waals surface area contributed by atoms with Crippen LogP contribution >= 0.6 is 0 Å². The van der Waals surface area contributed by atoms with Crippen LogP contribution in [0.4, 0.5) is 4.79 Å². The van der Waals surface area contributed by atoms with Crippen molar-refractivity contribution in [1.29, 1.82) is 0 Å². The molecule has 0 spiro atoms. The van der Waals surface area contributed by atoms with E-state index in [1.165, 1.54) is 23.8 Å². The monoisotopic (exact) mass is 410 g/mol.